The van der Waals surface area contributed by atoms with Gasteiger partial charge in [-0.1, -0.05) is 5.16 Å². The molecule has 0 aliphatic carbocycles. The number of ketones is 1. The summed E-state index contributed by atoms with van der Waals surface area (Å²) in [5.74, 6) is 0.340. The first-order chi connectivity index (χ1) is 8.04. The number of carbonyl (C=O) groups excluding carboxylic acids is 1. The molecule has 0 bridgehead atoms. The highest BCUT2D eigenvalue weighted by Crippen LogP contribution is 2.21. The summed E-state index contributed by atoms with van der Waals surface area (Å²) in [6.45, 7) is 1.28. The Morgan fingerprint density at radius 3 is 2.88 bits per heavy atom. The summed E-state index contributed by atoms with van der Waals surface area (Å²) in [6.07, 6.45) is 0. The Balaban J connectivity index is 2.81. The number of Topliss-reactive ketones (excluding diaryl/α,β-unsaturated/α-hetero) is 1. The second-order valence-electron chi connectivity index (χ2n) is 3.14. The normalized spacial score (nSPS) is 11.1. The third-order valence-corrected chi connectivity index (χ3v) is 2.30. The van der Waals surface area contributed by atoms with Gasteiger partial charge >= 0.3 is 0 Å². The predicted octanol–water partition coefficient (Wildman–Crippen LogP) is 1.08. The van der Waals surface area contributed by atoms with Gasteiger partial charge in [-0.3, -0.25) is 4.79 Å². The van der Waals surface area contributed by atoms with Crippen LogP contribution in [-0.2, 0) is 9.63 Å². The third-order valence-electron chi connectivity index (χ3n) is 1.70. The van der Waals surface area contributed by atoms with E-state index in [1.165, 1.54) is 14.0 Å². The van der Waals surface area contributed by atoms with Crippen LogP contribution in [-0.4, -0.2) is 30.3 Å². The molecule has 0 aliphatic rings. The third kappa shape index (κ3) is 4.03. The van der Waals surface area contributed by atoms with E-state index < -0.39 is 0 Å². The smallest absolute Gasteiger partial charge is 0.228 e. The number of halogens is 1. The minimum atomic E-state index is -0.136. The molecular formula is C10H12BrN3O3. The van der Waals surface area contributed by atoms with Crippen molar-refractivity contribution in [3.8, 4) is 5.88 Å². The zero-order valence-corrected chi connectivity index (χ0v) is 11.0. The SMILES string of the molecule is COc1nc(/C(N)=N/OCC(C)=O)ccc1Br. The Bertz CT molecular complexity index is 448. The number of oxime groups is 1. The van der Waals surface area contributed by atoms with E-state index in [0.717, 1.165) is 0 Å². The largest absolute Gasteiger partial charge is 0.480 e. The molecule has 1 aromatic heterocycles. The molecule has 0 radical (unpaired) electrons. The van der Waals surface area contributed by atoms with Crippen molar-refractivity contribution in [3.05, 3.63) is 22.3 Å². The Hall–Kier alpha value is -1.63. The van der Waals surface area contributed by atoms with Crippen molar-refractivity contribution in [1.82, 2.24) is 4.98 Å². The summed E-state index contributed by atoms with van der Waals surface area (Å²) in [6, 6.07) is 3.39. The number of rotatable bonds is 5. The molecular weight excluding hydrogens is 290 g/mol. The number of methoxy groups -OCH3 is 1. The maximum Gasteiger partial charge on any atom is 0.228 e. The van der Waals surface area contributed by atoms with Crippen molar-refractivity contribution >= 4 is 27.5 Å². The van der Waals surface area contributed by atoms with Gasteiger partial charge in [0.1, 0.15) is 5.69 Å². The average molecular weight is 302 g/mol. The Morgan fingerprint density at radius 2 is 2.29 bits per heavy atom. The minimum absolute atomic E-state index is 0.0806. The average Bonchev–Trinajstić information content (AvgIpc) is 2.29. The summed E-state index contributed by atoms with van der Waals surface area (Å²) >= 11 is 3.27. The van der Waals surface area contributed by atoms with E-state index in [1.807, 2.05) is 0 Å². The molecule has 1 rings (SSSR count). The van der Waals surface area contributed by atoms with E-state index in [4.69, 9.17) is 15.3 Å². The molecule has 7 heteroatoms. The lowest BCUT2D eigenvalue weighted by Gasteiger charge is -2.04. The van der Waals surface area contributed by atoms with Gasteiger partial charge in [0.25, 0.3) is 0 Å². The van der Waals surface area contributed by atoms with Crippen LogP contribution in [0.4, 0.5) is 0 Å². The van der Waals surface area contributed by atoms with Crippen LogP contribution in [0.3, 0.4) is 0 Å². The fourth-order valence-corrected chi connectivity index (χ4v) is 1.33. The topological polar surface area (TPSA) is 86.8 Å². The second kappa shape index (κ2) is 6.19. The number of hydrogen-bond acceptors (Lipinski definition) is 5. The zero-order chi connectivity index (χ0) is 12.8. The van der Waals surface area contributed by atoms with Crippen LogP contribution in [0.1, 0.15) is 12.6 Å². The number of amidine groups is 1. The molecule has 2 N–H and O–H groups in total. The van der Waals surface area contributed by atoms with Crippen molar-refractivity contribution in [3.63, 3.8) is 0 Å². The van der Waals surface area contributed by atoms with Crippen LogP contribution < -0.4 is 10.5 Å². The molecule has 17 heavy (non-hydrogen) atoms. The lowest BCUT2D eigenvalue weighted by Crippen LogP contribution is -2.16. The fourth-order valence-electron chi connectivity index (χ4n) is 0.949. The molecule has 0 spiro atoms. The maximum atomic E-state index is 10.6. The van der Waals surface area contributed by atoms with Gasteiger partial charge in [-0.2, -0.15) is 0 Å². The quantitative estimate of drug-likeness (QED) is 0.499. The molecule has 0 saturated heterocycles. The molecule has 1 aromatic rings. The van der Waals surface area contributed by atoms with Gasteiger partial charge in [0.05, 0.1) is 11.6 Å². The first-order valence-corrected chi connectivity index (χ1v) is 5.49. The fraction of sp³-hybridized carbons (Fsp3) is 0.300. The molecule has 1 heterocycles. The van der Waals surface area contributed by atoms with Crippen LogP contribution in [0.5, 0.6) is 5.88 Å². The van der Waals surface area contributed by atoms with Crippen LogP contribution in [0, 0.1) is 0 Å². The van der Waals surface area contributed by atoms with Gasteiger partial charge in [-0.05, 0) is 35.0 Å². The number of hydrogen-bond donors (Lipinski definition) is 1. The highest BCUT2D eigenvalue weighted by Gasteiger charge is 2.07. The molecule has 92 valence electrons. The van der Waals surface area contributed by atoms with Crippen LogP contribution >= 0.6 is 15.9 Å². The molecule has 0 unspecified atom stereocenters. The minimum Gasteiger partial charge on any atom is -0.480 e. The number of aromatic nitrogens is 1. The van der Waals surface area contributed by atoms with E-state index >= 15 is 0 Å². The monoisotopic (exact) mass is 301 g/mol. The maximum absolute atomic E-state index is 10.6. The predicted molar refractivity (Wildman–Crippen MR) is 65.8 cm³/mol. The van der Waals surface area contributed by atoms with Gasteiger partial charge in [-0.15, -0.1) is 0 Å². The highest BCUT2D eigenvalue weighted by molar-refractivity contribution is 9.10. The van der Waals surface area contributed by atoms with E-state index in [0.29, 0.717) is 16.0 Å². The molecule has 0 amide bonds. The van der Waals surface area contributed by atoms with E-state index in [9.17, 15) is 4.79 Å². The number of ether oxygens (including phenoxy) is 1. The zero-order valence-electron chi connectivity index (χ0n) is 9.44. The van der Waals surface area contributed by atoms with Gasteiger partial charge < -0.3 is 15.3 Å². The van der Waals surface area contributed by atoms with E-state index in [1.54, 1.807) is 12.1 Å². The van der Waals surface area contributed by atoms with Gasteiger partial charge in [0, 0.05) is 0 Å². The van der Waals surface area contributed by atoms with Crippen molar-refractivity contribution in [2.75, 3.05) is 13.7 Å². The van der Waals surface area contributed by atoms with Crippen molar-refractivity contribution < 1.29 is 14.4 Å². The standard InChI is InChI=1S/C10H12BrN3O3/c1-6(15)5-17-14-9(12)8-4-3-7(11)10(13-8)16-2/h3-4H,5H2,1-2H3,(H2,12,14). The Kier molecular flexibility index (Phi) is 4.89. The summed E-state index contributed by atoms with van der Waals surface area (Å²) in [7, 11) is 1.50. The molecule has 0 saturated carbocycles. The Morgan fingerprint density at radius 1 is 1.59 bits per heavy atom. The van der Waals surface area contributed by atoms with Gasteiger partial charge in [-0.25, -0.2) is 4.98 Å². The van der Waals surface area contributed by atoms with Gasteiger partial charge in [0.2, 0.25) is 5.88 Å². The van der Waals surface area contributed by atoms with Crippen molar-refractivity contribution in [2.24, 2.45) is 10.9 Å². The highest BCUT2D eigenvalue weighted by atomic mass is 79.9. The number of nitrogens with two attached hydrogens (primary N) is 1. The summed E-state index contributed by atoms with van der Waals surface area (Å²) in [5.41, 5.74) is 6.05. The lowest BCUT2D eigenvalue weighted by atomic mass is 10.3. The molecule has 0 atom stereocenters. The second-order valence-corrected chi connectivity index (χ2v) is 3.99. The number of nitrogens with zero attached hydrogens (tertiary/aromatic N) is 2. The van der Waals surface area contributed by atoms with Gasteiger partial charge in [0.15, 0.2) is 18.2 Å². The lowest BCUT2D eigenvalue weighted by molar-refractivity contribution is -0.121. The van der Waals surface area contributed by atoms with Crippen molar-refractivity contribution in [1.29, 1.82) is 0 Å². The molecule has 0 aromatic carbocycles. The van der Waals surface area contributed by atoms with Crippen LogP contribution in [0.2, 0.25) is 0 Å². The number of carbonyl (C=O) groups is 1. The summed E-state index contributed by atoms with van der Waals surface area (Å²) in [4.78, 5) is 19.5. The van der Waals surface area contributed by atoms with Crippen LogP contribution in [0.15, 0.2) is 21.8 Å². The number of pyridine rings is 1. The van der Waals surface area contributed by atoms with E-state index in [2.05, 4.69) is 26.1 Å². The van der Waals surface area contributed by atoms with Crippen LogP contribution in [0.25, 0.3) is 0 Å². The molecule has 0 fully saturated rings. The first kappa shape index (κ1) is 13.4. The summed E-state index contributed by atoms with van der Waals surface area (Å²) in [5, 5.41) is 3.58. The van der Waals surface area contributed by atoms with E-state index in [-0.39, 0.29) is 18.2 Å². The first-order valence-electron chi connectivity index (χ1n) is 4.70. The molecule has 6 nitrogen and oxygen atoms in total. The van der Waals surface area contributed by atoms with Crippen molar-refractivity contribution in [2.45, 2.75) is 6.92 Å². The Labute approximate surface area is 107 Å². The summed E-state index contributed by atoms with van der Waals surface area (Å²) < 4.78 is 5.72. The molecule has 0 aliphatic heterocycles.